The maximum Gasteiger partial charge on any atom is 0.0950 e. The lowest BCUT2D eigenvalue weighted by Crippen LogP contribution is -2.26. The van der Waals surface area contributed by atoms with E-state index >= 15 is 0 Å². The summed E-state index contributed by atoms with van der Waals surface area (Å²) in [4.78, 5) is 0. The molecule has 100 valence electrons. The summed E-state index contributed by atoms with van der Waals surface area (Å²) in [5, 5.41) is 0. The van der Waals surface area contributed by atoms with Crippen LogP contribution in [0.2, 0.25) is 0 Å². The number of hydrogen-bond acceptors (Lipinski definition) is 2. The number of rotatable bonds is 4. The first kappa shape index (κ1) is 13.6. The third kappa shape index (κ3) is 3.56. The molecule has 2 heteroatoms. The second-order valence-corrected chi connectivity index (χ2v) is 5.66. The first-order valence-corrected chi connectivity index (χ1v) is 7.11. The number of hydrogen-bond donors (Lipinski definition) is 1. The van der Waals surface area contributed by atoms with Crippen molar-refractivity contribution in [2.75, 3.05) is 6.54 Å². The third-order valence-electron chi connectivity index (χ3n) is 3.91. The van der Waals surface area contributed by atoms with Gasteiger partial charge in [0.15, 0.2) is 0 Å². The van der Waals surface area contributed by atoms with E-state index in [0.29, 0.717) is 12.6 Å². The van der Waals surface area contributed by atoms with Crippen LogP contribution in [0.25, 0.3) is 0 Å². The van der Waals surface area contributed by atoms with Crippen molar-refractivity contribution in [2.45, 2.75) is 51.7 Å². The summed E-state index contributed by atoms with van der Waals surface area (Å²) in [5.74, 6) is 0.792. The SMILES string of the molecule is Cc1ccc(C(CN)OC2CCCC(C)C2)cc1. The highest BCUT2D eigenvalue weighted by molar-refractivity contribution is 5.23. The van der Waals surface area contributed by atoms with Crippen LogP contribution >= 0.6 is 0 Å². The predicted octanol–water partition coefficient (Wildman–Crippen LogP) is 3.59. The molecule has 1 aromatic carbocycles. The second kappa shape index (κ2) is 6.35. The van der Waals surface area contributed by atoms with Crippen LogP contribution in [0.15, 0.2) is 24.3 Å². The third-order valence-corrected chi connectivity index (χ3v) is 3.91. The Hall–Kier alpha value is -0.860. The summed E-state index contributed by atoms with van der Waals surface area (Å²) in [7, 11) is 0. The van der Waals surface area contributed by atoms with Crippen molar-refractivity contribution in [3.8, 4) is 0 Å². The van der Waals surface area contributed by atoms with Gasteiger partial charge in [0, 0.05) is 6.54 Å². The Morgan fingerprint density at radius 2 is 2.00 bits per heavy atom. The molecule has 1 aliphatic rings. The van der Waals surface area contributed by atoms with Gasteiger partial charge in [0.05, 0.1) is 12.2 Å². The van der Waals surface area contributed by atoms with E-state index < -0.39 is 0 Å². The van der Waals surface area contributed by atoms with E-state index in [1.54, 1.807) is 0 Å². The molecule has 0 bridgehead atoms. The van der Waals surface area contributed by atoms with Crippen LogP contribution in [0.3, 0.4) is 0 Å². The van der Waals surface area contributed by atoms with Crippen LogP contribution in [0.1, 0.15) is 49.8 Å². The molecule has 3 atom stereocenters. The standard InChI is InChI=1S/C16H25NO/c1-12-6-8-14(9-7-12)16(11-17)18-15-5-3-4-13(2)10-15/h6-9,13,15-16H,3-5,10-11,17H2,1-2H3. The molecule has 0 radical (unpaired) electrons. The first-order valence-electron chi connectivity index (χ1n) is 7.11. The topological polar surface area (TPSA) is 35.2 Å². The van der Waals surface area contributed by atoms with Crippen LogP contribution < -0.4 is 5.73 Å². The monoisotopic (exact) mass is 247 g/mol. The highest BCUT2D eigenvalue weighted by atomic mass is 16.5. The van der Waals surface area contributed by atoms with Gasteiger partial charge in [0.2, 0.25) is 0 Å². The molecule has 2 nitrogen and oxygen atoms in total. The maximum absolute atomic E-state index is 6.21. The first-order chi connectivity index (χ1) is 8.69. The summed E-state index contributed by atoms with van der Waals surface area (Å²) in [6.07, 6.45) is 5.45. The molecule has 1 aromatic rings. The molecule has 0 spiro atoms. The highest BCUT2D eigenvalue weighted by Crippen LogP contribution is 2.29. The summed E-state index contributed by atoms with van der Waals surface area (Å²) in [5.41, 5.74) is 8.36. The number of ether oxygens (including phenoxy) is 1. The van der Waals surface area contributed by atoms with E-state index in [-0.39, 0.29) is 6.10 Å². The van der Waals surface area contributed by atoms with E-state index in [0.717, 1.165) is 5.92 Å². The zero-order valence-electron chi connectivity index (χ0n) is 11.6. The molecule has 1 fully saturated rings. The van der Waals surface area contributed by atoms with Gasteiger partial charge >= 0.3 is 0 Å². The normalized spacial score (nSPS) is 25.9. The van der Waals surface area contributed by atoms with Crippen molar-refractivity contribution < 1.29 is 4.74 Å². The number of aryl methyl sites for hydroxylation is 1. The van der Waals surface area contributed by atoms with E-state index in [2.05, 4.69) is 38.1 Å². The Labute approximate surface area is 111 Å². The summed E-state index contributed by atoms with van der Waals surface area (Å²) >= 11 is 0. The Balaban J connectivity index is 1.98. The van der Waals surface area contributed by atoms with Crippen molar-refractivity contribution in [3.05, 3.63) is 35.4 Å². The minimum Gasteiger partial charge on any atom is -0.369 e. The van der Waals surface area contributed by atoms with Gasteiger partial charge in [-0.05, 0) is 31.2 Å². The Kier molecular flexibility index (Phi) is 4.79. The average Bonchev–Trinajstić information content (AvgIpc) is 2.37. The van der Waals surface area contributed by atoms with Gasteiger partial charge in [-0.3, -0.25) is 0 Å². The molecule has 0 amide bonds. The highest BCUT2D eigenvalue weighted by Gasteiger charge is 2.22. The second-order valence-electron chi connectivity index (χ2n) is 5.66. The van der Waals surface area contributed by atoms with Gasteiger partial charge < -0.3 is 10.5 Å². The maximum atomic E-state index is 6.21. The summed E-state index contributed by atoms with van der Waals surface area (Å²) in [6.45, 7) is 4.98. The number of nitrogens with two attached hydrogens (primary N) is 1. The molecule has 3 unspecified atom stereocenters. The number of benzene rings is 1. The van der Waals surface area contributed by atoms with Gasteiger partial charge in [-0.1, -0.05) is 49.6 Å². The predicted molar refractivity (Wildman–Crippen MR) is 75.5 cm³/mol. The molecule has 0 heterocycles. The molecule has 1 aliphatic carbocycles. The fourth-order valence-corrected chi connectivity index (χ4v) is 2.79. The van der Waals surface area contributed by atoms with Crippen molar-refractivity contribution in [1.29, 1.82) is 0 Å². The van der Waals surface area contributed by atoms with E-state index in [1.807, 2.05) is 0 Å². The molecule has 0 aromatic heterocycles. The molecule has 0 aliphatic heterocycles. The fourth-order valence-electron chi connectivity index (χ4n) is 2.79. The Bertz CT molecular complexity index is 360. The van der Waals surface area contributed by atoms with Crippen molar-refractivity contribution >= 4 is 0 Å². The van der Waals surface area contributed by atoms with Gasteiger partial charge in [-0.2, -0.15) is 0 Å². The van der Waals surface area contributed by atoms with Crippen LogP contribution in [0.4, 0.5) is 0 Å². The van der Waals surface area contributed by atoms with Gasteiger partial charge in [0.25, 0.3) is 0 Å². The molecular weight excluding hydrogens is 222 g/mol. The lowest BCUT2D eigenvalue weighted by Gasteiger charge is -2.30. The minimum absolute atomic E-state index is 0.0564. The van der Waals surface area contributed by atoms with Crippen molar-refractivity contribution in [2.24, 2.45) is 11.7 Å². The molecule has 2 N–H and O–H groups in total. The van der Waals surface area contributed by atoms with Gasteiger partial charge in [-0.15, -0.1) is 0 Å². The van der Waals surface area contributed by atoms with E-state index in [4.69, 9.17) is 10.5 Å². The van der Waals surface area contributed by atoms with Crippen LogP contribution in [0, 0.1) is 12.8 Å². The smallest absolute Gasteiger partial charge is 0.0950 e. The zero-order valence-corrected chi connectivity index (χ0v) is 11.6. The lowest BCUT2D eigenvalue weighted by molar-refractivity contribution is -0.0361. The molecule has 18 heavy (non-hydrogen) atoms. The largest absolute Gasteiger partial charge is 0.369 e. The van der Waals surface area contributed by atoms with Crippen molar-refractivity contribution in [3.63, 3.8) is 0 Å². The average molecular weight is 247 g/mol. The van der Waals surface area contributed by atoms with E-state index in [9.17, 15) is 0 Å². The quantitative estimate of drug-likeness (QED) is 0.882. The van der Waals surface area contributed by atoms with Crippen molar-refractivity contribution in [1.82, 2.24) is 0 Å². The van der Waals surface area contributed by atoms with Crippen LogP contribution in [-0.2, 0) is 4.74 Å². The van der Waals surface area contributed by atoms with Crippen LogP contribution in [0.5, 0.6) is 0 Å². The summed E-state index contributed by atoms with van der Waals surface area (Å²) in [6, 6.07) is 8.54. The van der Waals surface area contributed by atoms with E-state index in [1.165, 1.54) is 36.8 Å². The lowest BCUT2D eigenvalue weighted by atomic mass is 9.88. The van der Waals surface area contributed by atoms with Gasteiger partial charge in [0.1, 0.15) is 0 Å². The molecule has 2 rings (SSSR count). The Morgan fingerprint density at radius 3 is 2.61 bits per heavy atom. The van der Waals surface area contributed by atoms with Gasteiger partial charge in [-0.25, -0.2) is 0 Å². The Morgan fingerprint density at radius 1 is 1.28 bits per heavy atom. The molecule has 1 saturated carbocycles. The fraction of sp³-hybridized carbons (Fsp3) is 0.625. The molecule has 0 saturated heterocycles. The minimum atomic E-state index is 0.0564. The summed E-state index contributed by atoms with van der Waals surface area (Å²) < 4.78 is 6.21. The molecular formula is C16H25NO. The zero-order chi connectivity index (χ0) is 13.0. The van der Waals surface area contributed by atoms with Crippen LogP contribution in [-0.4, -0.2) is 12.6 Å².